The van der Waals surface area contributed by atoms with Crippen molar-refractivity contribution >= 4 is 39.3 Å². The van der Waals surface area contributed by atoms with Crippen LogP contribution >= 0.6 is 0 Å². The van der Waals surface area contributed by atoms with Crippen molar-refractivity contribution in [3.63, 3.8) is 0 Å². The van der Waals surface area contributed by atoms with Crippen molar-refractivity contribution in [2.75, 3.05) is 0 Å². The van der Waals surface area contributed by atoms with E-state index in [1.807, 2.05) is 76.3 Å². The lowest BCUT2D eigenvalue weighted by molar-refractivity contribution is -0.140. The smallest absolute Gasteiger partial charge is 0.331 e. The summed E-state index contributed by atoms with van der Waals surface area (Å²) in [7, 11) is 2.01. The molecule has 1 heterocycles. The van der Waals surface area contributed by atoms with Crippen molar-refractivity contribution in [1.82, 2.24) is 4.57 Å². The Balaban J connectivity index is 1.87. The molecule has 0 amide bonds. The third-order valence-electron chi connectivity index (χ3n) is 5.90. The van der Waals surface area contributed by atoms with Crippen LogP contribution in [0.2, 0.25) is 0 Å². The Hall–Kier alpha value is -3.73. The van der Waals surface area contributed by atoms with Crippen LogP contribution in [0.4, 0.5) is 0 Å². The average Bonchev–Trinajstić information content (AvgIpc) is 3.02. The first-order chi connectivity index (χ1) is 15.2. The number of aryl methyl sites for hydroxylation is 4. The molecule has 0 radical (unpaired) electrons. The van der Waals surface area contributed by atoms with E-state index in [1.54, 1.807) is 6.92 Å². The van der Waals surface area contributed by atoms with Gasteiger partial charge in [0, 0.05) is 46.9 Å². The zero-order valence-electron chi connectivity index (χ0n) is 19.2. The van der Waals surface area contributed by atoms with Crippen LogP contribution in [-0.2, 0) is 16.7 Å². The molecule has 1 aromatic heterocycles. The van der Waals surface area contributed by atoms with E-state index in [2.05, 4.69) is 9.72 Å². The van der Waals surface area contributed by atoms with Gasteiger partial charge in [-0.3, -0.25) is 4.79 Å². The number of hydrogen-bond acceptors (Lipinski definition) is 4. The maximum absolute atomic E-state index is 13.4. The molecule has 3 aromatic carbocycles. The molecule has 4 rings (SSSR count). The third-order valence-corrected chi connectivity index (χ3v) is 5.90. The number of benzene rings is 3. The van der Waals surface area contributed by atoms with Gasteiger partial charge in [-0.15, -0.1) is 0 Å². The number of carbonyl (C=O) groups excluding carboxylic acids is 2. The Bertz CT molecular complexity index is 1420. The molecule has 0 N–H and O–H groups in total. The molecule has 4 aromatic rings. The first kappa shape index (κ1) is 21.5. The molecular weight excluding hydrogens is 400 g/mol. The van der Waals surface area contributed by atoms with E-state index in [0.29, 0.717) is 11.3 Å². The van der Waals surface area contributed by atoms with Gasteiger partial charge < -0.3 is 9.40 Å². The molecule has 0 bridgehead atoms. The number of aromatic nitrogens is 1. The highest BCUT2D eigenvalue weighted by molar-refractivity contribution is 6.16. The molecule has 0 saturated heterocycles. The van der Waals surface area contributed by atoms with Crippen LogP contribution in [0.3, 0.4) is 0 Å². The zero-order chi connectivity index (χ0) is 23.2. The Kier molecular flexibility index (Phi) is 5.43. The largest absolute Gasteiger partial charge is 0.344 e. The van der Waals surface area contributed by atoms with Gasteiger partial charge in [-0.05, 0) is 74.7 Å². The normalized spacial score (nSPS) is 11.9. The zero-order valence-corrected chi connectivity index (χ0v) is 19.2. The number of carbonyl (C=O) groups is 2. The second kappa shape index (κ2) is 8.08. The fourth-order valence-corrected chi connectivity index (χ4v) is 4.45. The molecule has 5 heteroatoms. The van der Waals surface area contributed by atoms with E-state index in [1.165, 1.54) is 6.92 Å². The summed E-state index contributed by atoms with van der Waals surface area (Å²) in [6.45, 7) is 9.14. The quantitative estimate of drug-likeness (QED) is 0.180. The van der Waals surface area contributed by atoms with Crippen LogP contribution < -0.4 is 0 Å². The topological polar surface area (TPSA) is 60.7 Å². The minimum Gasteiger partial charge on any atom is -0.344 e. The number of oxime groups is 1. The first-order valence-electron chi connectivity index (χ1n) is 10.5. The lowest BCUT2D eigenvalue weighted by Gasteiger charge is -2.11. The molecule has 0 atom stereocenters. The third kappa shape index (κ3) is 3.71. The second-order valence-electron chi connectivity index (χ2n) is 8.39. The van der Waals surface area contributed by atoms with Gasteiger partial charge in [-0.25, -0.2) is 4.79 Å². The summed E-state index contributed by atoms with van der Waals surface area (Å²) in [5.74, 6) is -0.428. The van der Waals surface area contributed by atoms with Crippen LogP contribution in [0.5, 0.6) is 0 Å². The summed E-state index contributed by atoms with van der Waals surface area (Å²) in [6.07, 6.45) is 0. The number of fused-ring (bicyclic) bond motifs is 3. The lowest BCUT2D eigenvalue weighted by atomic mass is 9.92. The molecule has 32 heavy (non-hydrogen) atoms. The van der Waals surface area contributed by atoms with Crippen LogP contribution in [0.1, 0.15) is 52.0 Å². The number of nitrogens with zero attached hydrogens (tertiary/aromatic N) is 2. The Morgan fingerprint density at radius 3 is 1.91 bits per heavy atom. The molecule has 0 saturated carbocycles. The highest BCUT2D eigenvalue weighted by Crippen LogP contribution is 2.31. The van der Waals surface area contributed by atoms with E-state index in [-0.39, 0.29) is 5.78 Å². The average molecular weight is 427 g/mol. The van der Waals surface area contributed by atoms with Gasteiger partial charge in [0.05, 0.1) is 5.71 Å². The van der Waals surface area contributed by atoms with Crippen LogP contribution in [0.25, 0.3) is 21.8 Å². The summed E-state index contributed by atoms with van der Waals surface area (Å²) in [5.41, 5.74) is 8.12. The van der Waals surface area contributed by atoms with Crippen molar-refractivity contribution in [2.45, 2.75) is 34.6 Å². The molecule has 0 fully saturated rings. The van der Waals surface area contributed by atoms with E-state index in [4.69, 9.17) is 4.84 Å². The van der Waals surface area contributed by atoms with Crippen molar-refractivity contribution in [1.29, 1.82) is 0 Å². The van der Waals surface area contributed by atoms with E-state index >= 15 is 0 Å². The molecule has 0 aliphatic rings. The predicted octanol–water partition coefficient (Wildman–Crippen LogP) is 5.77. The molecular formula is C27H26N2O3. The van der Waals surface area contributed by atoms with Gasteiger partial charge in [-0.2, -0.15) is 0 Å². The molecule has 0 aliphatic heterocycles. The summed E-state index contributed by atoms with van der Waals surface area (Å²) >= 11 is 0. The molecule has 5 nitrogen and oxygen atoms in total. The van der Waals surface area contributed by atoms with Gasteiger partial charge in [0.15, 0.2) is 5.78 Å². The molecule has 0 aliphatic carbocycles. The summed E-state index contributed by atoms with van der Waals surface area (Å²) < 4.78 is 2.11. The van der Waals surface area contributed by atoms with E-state index in [0.717, 1.165) is 49.6 Å². The van der Waals surface area contributed by atoms with Gasteiger partial charge in [0.1, 0.15) is 0 Å². The SMILES string of the molecule is CC(=O)O/N=C(/C)c1ccc2c(c1)c1cc(C(=O)c3c(C)cc(C)cc3C)ccc1n2C. The number of rotatable bonds is 4. The number of ketones is 1. The first-order valence-corrected chi connectivity index (χ1v) is 10.5. The fraction of sp³-hybridized carbons (Fsp3) is 0.222. The van der Waals surface area contributed by atoms with Gasteiger partial charge in [0.2, 0.25) is 0 Å². The standard InChI is InChI=1S/C27H26N2O3/c1-15-11-16(2)26(17(3)12-15)27(31)21-8-10-25-23(14-21)22-13-20(7-9-24(22)29(25)6)18(4)28-32-19(5)30/h7-14H,1-6H3/b28-18-. The monoisotopic (exact) mass is 426 g/mol. The summed E-state index contributed by atoms with van der Waals surface area (Å²) in [6, 6.07) is 16.0. The van der Waals surface area contributed by atoms with Crippen molar-refractivity contribution in [3.8, 4) is 0 Å². The Morgan fingerprint density at radius 2 is 1.34 bits per heavy atom. The molecule has 162 valence electrons. The number of hydrogen-bond donors (Lipinski definition) is 0. The minimum atomic E-state index is -0.458. The predicted molar refractivity (Wildman–Crippen MR) is 128 cm³/mol. The fourth-order valence-electron chi connectivity index (χ4n) is 4.45. The maximum atomic E-state index is 13.4. The van der Waals surface area contributed by atoms with Crippen molar-refractivity contribution < 1.29 is 14.4 Å². The highest BCUT2D eigenvalue weighted by atomic mass is 16.7. The minimum absolute atomic E-state index is 0.0302. The van der Waals surface area contributed by atoms with Gasteiger partial charge in [-0.1, -0.05) is 28.9 Å². The van der Waals surface area contributed by atoms with E-state index < -0.39 is 5.97 Å². The maximum Gasteiger partial charge on any atom is 0.331 e. The van der Waals surface area contributed by atoms with Gasteiger partial charge in [0.25, 0.3) is 0 Å². The van der Waals surface area contributed by atoms with Crippen LogP contribution in [-0.4, -0.2) is 22.0 Å². The van der Waals surface area contributed by atoms with E-state index in [9.17, 15) is 9.59 Å². The summed E-state index contributed by atoms with van der Waals surface area (Å²) in [5, 5.41) is 5.92. The molecule has 0 unspecified atom stereocenters. The Labute approximate surface area is 187 Å². The van der Waals surface area contributed by atoms with Crippen molar-refractivity contribution in [2.24, 2.45) is 12.2 Å². The molecule has 0 spiro atoms. The van der Waals surface area contributed by atoms with Crippen molar-refractivity contribution in [3.05, 3.63) is 81.9 Å². The van der Waals surface area contributed by atoms with Crippen LogP contribution in [0.15, 0.2) is 53.7 Å². The lowest BCUT2D eigenvalue weighted by Crippen LogP contribution is -2.06. The summed E-state index contributed by atoms with van der Waals surface area (Å²) in [4.78, 5) is 29.3. The van der Waals surface area contributed by atoms with Crippen LogP contribution in [0, 0.1) is 20.8 Å². The highest BCUT2D eigenvalue weighted by Gasteiger charge is 2.17. The second-order valence-corrected chi connectivity index (χ2v) is 8.39. The Morgan fingerprint density at radius 1 is 0.812 bits per heavy atom. The van der Waals surface area contributed by atoms with Gasteiger partial charge >= 0.3 is 5.97 Å².